The third-order valence-corrected chi connectivity index (χ3v) is 12.3. The minimum atomic E-state index is -0.173. The van der Waals surface area contributed by atoms with E-state index in [9.17, 15) is 0 Å². The third kappa shape index (κ3) is 4.44. The van der Waals surface area contributed by atoms with Gasteiger partial charge >= 0.3 is 0 Å². The molecule has 1 aliphatic carbocycles. The molecule has 7 aromatic carbocycles. The smallest absolute Gasteiger partial charge is 0.238 e. The van der Waals surface area contributed by atoms with Gasteiger partial charge in [0.1, 0.15) is 0 Å². The highest BCUT2D eigenvalue weighted by Gasteiger charge is 2.38. The molecule has 0 spiro atoms. The van der Waals surface area contributed by atoms with E-state index in [1.807, 2.05) is 6.07 Å². The van der Waals surface area contributed by atoms with Gasteiger partial charge in [-0.05, 0) is 57.6 Å². The number of nitrogens with zero attached hydrogens (tertiary/aromatic N) is 4. The molecule has 0 N–H and O–H groups in total. The van der Waals surface area contributed by atoms with E-state index in [1.54, 1.807) is 11.3 Å². The maximum Gasteiger partial charge on any atom is 0.238 e. The zero-order chi connectivity index (χ0) is 35.3. The van der Waals surface area contributed by atoms with Crippen molar-refractivity contribution in [2.24, 2.45) is 0 Å². The first-order chi connectivity index (χ1) is 26.0. The number of hydrogen-bond acceptors (Lipinski definition) is 4. The molecule has 4 nitrogen and oxygen atoms in total. The average molecular weight is 697 g/mol. The van der Waals surface area contributed by atoms with Crippen molar-refractivity contribution in [2.45, 2.75) is 19.3 Å². The second kappa shape index (κ2) is 11.3. The minimum Gasteiger partial charge on any atom is -0.278 e. The first-order valence-corrected chi connectivity index (χ1v) is 18.9. The molecule has 0 unspecified atom stereocenters. The van der Waals surface area contributed by atoms with Crippen molar-refractivity contribution in [3.63, 3.8) is 0 Å². The van der Waals surface area contributed by atoms with Crippen LogP contribution < -0.4 is 0 Å². The van der Waals surface area contributed by atoms with Gasteiger partial charge in [-0.25, -0.2) is 4.98 Å². The Bertz CT molecular complexity index is 3080. The van der Waals surface area contributed by atoms with Crippen molar-refractivity contribution in [1.82, 2.24) is 19.5 Å². The molecule has 53 heavy (non-hydrogen) atoms. The largest absolute Gasteiger partial charge is 0.278 e. The number of thiophene rings is 1. The highest BCUT2D eigenvalue weighted by Crippen LogP contribution is 2.53. The highest BCUT2D eigenvalue weighted by molar-refractivity contribution is 7.26. The van der Waals surface area contributed by atoms with Crippen LogP contribution >= 0.6 is 11.3 Å². The maximum atomic E-state index is 5.37. The lowest BCUT2D eigenvalue weighted by Gasteiger charge is -2.22. The van der Waals surface area contributed by atoms with Crippen molar-refractivity contribution in [3.8, 4) is 51.0 Å². The first-order valence-electron chi connectivity index (χ1n) is 18.0. The molecule has 0 atom stereocenters. The maximum absolute atomic E-state index is 5.37. The Morgan fingerprint density at radius 2 is 1.13 bits per heavy atom. The molecule has 5 heteroatoms. The molecule has 3 heterocycles. The van der Waals surface area contributed by atoms with Crippen molar-refractivity contribution in [3.05, 3.63) is 169 Å². The number of aromatic nitrogens is 4. The van der Waals surface area contributed by atoms with Crippen LogP contribution in [0.15, 0.2) is 158 Å². The summed E-state index contributed by atoms with van der Waals surface area (Å²) in [4.78, 5) is 15.9. The lowest BCUT2D eigenvalue weighted by Crippen LogP contribution is -2.15. The molecule has 3 aromatic heterocycles. The van der Waals surface area contributed by atoms with E-state index >= 15 is 0 Å². The van der Waals surface area contributed by atoms with Gasteiger partial charge in [-0.3, -0.25) is 4.57 Å². The van der Waals surface area contributed by atoms with Gasteiger partial charge in [-0.2, -0.15) is 9.97 Å². The van der Waals surface area contributed by atoms with Gasteiger partial charge in [0.2, 0.25) is 5.95 Å². The third-order valence-electron chi connectivity index (χ3n) is 11.1. The number of benzene rings is 7. The minimum absolute atomic E-state index is 0.173. The fourth-order valence-corrected chi connectivity index (χ4v) is 9.84. The first kappa shape index (κ1) is 30.2. The Morgan fingerprint density at radius 3 is 2.00 bits per heavy atom. The van der Waals surface area contributed by atoms with Gasteiger partial charge in [0.05, 0.1) is 11.0 Å². The van der Waals surface area contributed by atoms with Gasteiger partial charge in [0, 0.05) is 47.5 Å². The van der Waals surface area contributed by atoms with E-state index in [4.69, 9.17) is 15.0 Å². The molecular formula is C48H32N4S. The lowest BCUT2D eigenvalue weighted by atomic mass is 9.80. The van der Waals surface area contributed by atoms with Crippen molar-refractivity contribution < 1.29 is 0 Å². The van der Waals surface area contributed by atoms with Crippen LogP contribution in [-0.2, 0) is 5.41 Å². The summed E-state index contributed by atoms with van der Waals surface area (Å²) >= 11 is 1.79. The summed E-state index contributed by atoms with van der Waals surface area (Å²) in [6.45, 7) is 4.71. The Labute approximate surface area is 310 Å². The van der Waals surface area contributed by atoms with Crippen LogP contribution in [0.2, 0.25) is 0 Å². The number of hydrogen-bond donors (Lipinski definition) is 0. The molecule has 0 fully saturated rings. The predicted octanol–water partition coefficient (Wildman–Crippen LogP) is 12.6. The van der Waals surface area contributed by atoms with E-state index in [0.717, 1.165) is 27.7 Å². The SMILES string of the molecule is CC1(C)c2ccccc2-c2ccc3c(c21)c1ccccc1n3-c1nc(-c2ccc(-c3ccccc3)cc2)nc(-c2cccc3c2sc2ccccc23)n1. The number of rotatable bonds is 4. The van der Waals surface area contributed by atoms with E-state index in [0.29, 0.717) is 17.6 Å². The molecular weight excluding hydrogens is 665 g/mol. The Morgan fingerprint density at radius 1 is 0.472 bits per heavy atom. The fourth-order valence-electron chi connectivity index (χ4n) is 8.63. The van der Waals surface area contributed by atoms with Crippen LogP contribution in [-0.4, -0.2) is 19.5 Å². The average Bonchev–Trinajstić information content (AvgIpc) is 3.84. The van der Waals surface area contributed by atoms with Gasteiger partial charge in [0.15, 0.2) is 11.6 Å². The summed E-state index contributed by atoms with van der Waals surface area (Å²) in [5.41, 5.74) is 11.6. The Kier molecular flexibility index (Phi) is 6.43. The number of fused-ring (bicyclic) bond motifs is 10. The number of para-hydroxylation sites is 1. The standard InChI is InChI=1S/C48H32N4S/c1-48(2)38-20-9-6-15-32(38)34-27-28-40-42(43(34)48)36-17-7-10-21-39(36)52(40)47-50-45(31-25-23-30(24-26-31)29-13-4-3-5-14-29)49-46(51-47)37-19-12-18-35-33-16-8-11-22-41(33)53-44(35)37/h3-28H,1-2H3. The van der Waals surface area contributed by atoms with Crippen LogP contribution in [0.4, 0.5) is 0 Å². The summed E-state index contributed by atoms with van der Waals surface area (Å²) in [6.07, 6.45) is 0. The second-order valence-electron chi connectivity index (χ2n) is 14.4. The molecule has 0 radical (unpaired) electrons. The van der Waals surface area contributed by atoms with Crippen LogP contribution in [0, 0.1) is 0 Å². The van der Waals surface area contributed by atoms with E-state index < -0.39 is 0 Å². The molecule has 10 aromatic rings. The highest BCUT2D eigenvalue weighted by atomic mass is 32.1. The second-order valence-corrected chi connectivity index (χ2v) is 15.5. The van der Waals surface area contributed by atoms with Crippen LogP contribution in [0.1, 0.15) is 25.0 Å². The predicted molar refractivity (Wildman–Crippen MR) is 221 cm³/mol. The van der Waals surface area contributed by atoms with E-state index in [-0.39, 0.29) is 5.41 Å². The summed E-state index contributed by atoms with van der Waals surface area (Å²) < 4.78 is 4.68. The lowest BCUT2D eigenvalue weighted by molar-refractivity contribution is 0.666. The van der Waals surface area contributed by atoms with E-state index in [1.165, 1.54) is 58.8 Å². The normalized spacial score (nSPS) is 13.2. The monoisotopic (exact) mass is 696 g/mol. The van der Waals surface area contributed by atoms with Crippen molar-refractivity contribution in [2.75, 3.05) is 0 Å². The summed E-state index contributed by atoms with van der Waals surface area (Å²) in [7, 11) is 0. The van der Waals surface area contributed by atoms with Gasteiger partial charge in [0.25, 0.3) is 0 Å². The molecule has 0 bridgehead atoms. The molecule has 0 saturated carbocycles. The van der Waals surface area contributed by atoms with Gasteiger partial charge in [-0.15, -0.1) is 11.3 Å². The molecule has 1 aliphatic rings. The van der Waals surface area contributed by atoms with Crippen LogP contribution in [0.5, 0.6) is 0 Å². The topological polar surface area (TPSA) is 43.6 Å². The molecule has 11 rings (SSSR count). The van der Waals surface area contributed by atoms with Crippen LogP contribution in [0.3, 0.4) is 0 Å². The summed E-state index contributed by atoms with van der Waals surface area (Å²) in [5, 5.41) is 4.91. The molecule has 0 aliphatic heterocycles. The summed E-state index contributed by atoms with van der Waals surface area (Å²) in [5.74, 6) is 1.91. The quantitative estimate of drug-likeness (QED) is 0.184. The van der Waals surface area contributed by atoms with Gasteiger partial charge < -0.3 is 0 Å². The van der Waals surface area contributed by atoms with Crippen LogP contribution in [0.25, 0.3) is 93.0 Å². The van der Waals surface area contributed by atoms with E-state index in [2.05, 4.69) is 170 Å². The van der Waals surface area contributed by atoms with Crippen molar-refractivity contribution in [1.29, 1.82) is 0 Å². The Balaban J connectivity index is 1.19. The fraction of sp³-hybridized carbons (Fsp3) is 0.0625. The molecule has 250 valence electrons. The van der Waals surface area contributed by atoms with Gasteiger partial charge in [-0.1, -0.05) is 147 Å². The molecule has 0 amide bonds. The Hall–Kier alpha value is -6.43. The zero-order valence-corrected chi connectivity index (χ0v) is 30.0. The van der Waals surface area contributed by atoms with Crippen molar-refractivity contribution >= 4 is 53.3 Å². The summed E-state index contributed by atoms with van der Waals surface area (Å²) in [6, 6.07) is 56.2. The zero-order valence-electron chi connectivity index (χ0n) is 29.2. The molecule has 0 saturated heterocycles.